The Hall–Kier alpha value is -2.39. The zero-order valence-corrected chi connectivity index (χ0v) is 16.6. The van der Waals surface area contributed by atoms with Crippen molar-refractivity contribution in [3.05, 3.63) is 53.4 Å². The van der Waals surface area contributed by atoms with Gasteiger partial charge in [-0.1, -0.05) is 6.92 Å². The third-order valence-corrected chi connectivity index (χ3v) is 6.32. The number of rotatable bonds is 8. The van der Waals surface area contributed by atoms with Gasteiger partial charge in [-0.15, -0.1) is 0 Å². The Balaban J connectivity index is 1.64. The fourth-order valence-electron chi connectivity index (χ4n) is 2.90. The summed E-state index contributed by atoms with van der Waals surface area (Å²) in [5, 5.41) is 0. The number of ether oxygens (including phenoxy) is 1. The second-order valence-corrected chi connectivity index (χ2v) is 8.86. The minimum atomic E-state index is -3.21. The van der Waals surface area contributed by atoms with E-state index in [1.54, 1.807) is 19.1 Å². The third kappa shape index (κ3) is 4.90. The average Bonchev–Trinajstić information content (AvgIpc) is 2.59. The van der Waals surface area contributed by atoms with Gasteiger partial charge in [-0.2, -0.15) is 4.31 Å². The Bertz CT molecular complexity index is 958. The topological polar surface area (TPSA) is 89.5 Å². The molecule has 3 rings (SSSR count). The molecule has 0 amide bonds. The zero-order valence-electron chi connectivity index (χ0n) is 15.8. The molecule has 150 valence electrons. The van der Waals surface area contributed by atoms with Gasteiger partial charge in [0.15, 0.2) is 5.78 Å². The van der Waals surface area contributed by atoms with Crippen LogP contribution >= 0.6 is 0 Å². The number of Topliss-reactive ketones (excluding diaryl/α,β-unsaturated/α-hetero) is 1. The second kappa shape index (κ2) is 8.32. The van der Waals surface area contributed by atoms with Crippen molar-refractivity contribution in [3.63, 3.8) is 0 Å². The summed E-state index contributed by atoms with van der Waals surface area (Å²) in [7, 11) is -3.21. The lowest BCUT2D eigenvalue weighted by atomic mass is 10.1. The van der Waals surface area contributed by atoms with Gasteiger partial charge in [0, 0.05) is 23.5 Å². The molecule has 0 spiro atoms. The predicted molar refractivity (Wildman–Crippen MR) is 101 cm³/mol. The summed E-state index contributed by atoms with van der Waals surface area (Å²) in [6, 6.07) is 5.96. The van der Waals surface area contributed by atoms with Gasteiger partial charge in [0.05, 0.1) is 31.5 Å². The Morgan fingerprint density at radius 2 is 2.07 bits per heavy atom. The maximum absolute atomic E-state index is 12.9. The number of aromatic nitrogens is 2. The number of carbonyl (C=O) groups is 1. The maximum Gasteiger partial charge on any atom is 0.214 e. The van der Waals surface area contributed by atoms with Gasteiger partial charge >= 0.3 is 0 Å². The highest BCUT2D eigenvalue weighted by Crippen LogP contribution is 2.23. The predicted octanol–water partition coefficient (Wildman–Crippen LogP) is 2.15. The fourth-order valence-corrected chi connectivity index (χ4v) is 4.46. The van der Waals surface area contributed by atoms with Crippen molar-refractivity contribution in [2.24, 2.45) is 0 Å². The van der Waals surface area contributed by atoms with Crippen LogP contribution in [0.15, 0.2) is 30.5 Å². The molecule has 2 aromatic heterocycles. The van der Waals surface area contributed by atoms with Crippen molar-refractivity contribution in [2.75, 3.05) is 18.8 Å². The summed E-state index contributed by atoms with van der Waals surface area (Å²) in [5.74, 6) is -0.116. The number of hydrogen-bond donors (Lipinski definition) is 0. The highest BCUT2D eigenvalue weighted by molar-refractivity contribution is 7.89. The molecule has 1 saturated heterocycles. The van der Waals surface area contributed by atoms with Crippen LogP contribution in [0.3, 0.4) is 0 Å². The molecule has 1 aliphatic rings. The normalized spacial score (nSPS) is 15.2. The first kappa shape index (κ1) is 20.3. The standard InChI is InChI=1S/C19H22FN3O4S/c1-3-6-28(25,26)23-11-17(12-23)27-16-7-13(2)22-18(9-16)19(24)8-15-5-4-14(20)10-21-15/h4-5,7,9-10,17H,3,6,8,11-12H2,1-2H3. The zero-order chi connectivity index (χ0) is 20.3. The molecular weight excluding hydrogens is 385 g/mol. The lowest BCUT2D eigenvalue weighted by Gasteiger charge is -2.37. The quantitative estimate of drug-likeness (QED) is 0.623. The van der Waals surface area contributed by atoms with Crippen LogP contribution in [0.25, 0.3) is 0 Å². The monoisotopic (exact) mass is 407 g/mol. The van der Waals surface area contributed by atoms with Crippen LogP contribution < -0.4 is 4.74 Å². The summed E-state index contributed by atoms with van der Waals surface area (Å²) in [4.78, 5) is 20.6. The van der Waals surface area contributed by atoms with Crippen molar-refractivity contribution in [1.29, 1.82) is 0 Å². The molecule has 0 radical (unpaired) electrons. The minimum Gasteiger partial charge on any atom is -0.488 e. The van der Waals surface area contributed by atoms with E-state index in [0.717, 1.165) is 6.20 Å². The average molecular weight is 407 g/mol. The van der Waals surface area contributed by atoms with Gasteiger partial charge in [0.25, 0.3) is 0 Å². The van der Waals surface area contributed by atoms with Crippen LogP contribution in [0, 0.1) is 12.7 Å². The van der Waals surface area contributed by atoms with E-state index < -0.39 is 15.8 Å². The number of ketones is 1. The molecule has 2 aromatic rings. The molecule has 0 bridgehead atoms. The summed E-state index contributed by atoms with van der Waals surface area (Å²) >= 11 is 0. The van der Waals surface area contributed by atoms with Crippen LogP contribution in [-0.4, -0.2) is 53.4 Å². The van der Waals surface area contributed by atoms with E-state index in [-0.39, 0.29) is 29.8 Å². The molecule has 0 atom stereocenters. The van der Waals surface area contributed by atoms with Crippen LogP contribution in [-0.2, 0) is 16.4 Å². The van der Waals surface area contributed by atoms with Gasteiger partial charge in [-0.05, 0) is 25.5 Å². The SMILES string of the molecule is CCCS(=O)(=O)N1CC(Oc2cc(C)nc(C(=O)Cc3ccc(F)cn3)c2)C1. The lowest BCUT2D eigenvalue weighted by molar-refractivity contribution is 0.0758. The largest absolute Gasteiger partial charge is 0.488 e. The van der Waals surface area contributed by atoms with Crippen LogP contribution in [0.1, 0.15) is 35.2 Å². The van der Waals surface area contributed by atoms with E-state index in [4.69, 9.17) is 4.74 Å². The highest BCUT2D eigenvalue weighted by Gasteiger charge is 2.36. The summed E-state index contributed by atoms with van der Waals surface area (Å²) in [5.41, 5.74) is 1.30. The number of aryl methyl sites for hydroxylation is 1. The van der Waals surface area contributed by atoms with E-state index >= 15 is 0 Å². The summed E-state index contributed by atoms with van der Waals surface area (Å²) in [6.07, 6.45) is 1.39. The Morgan fingerprint density at radius 1 is 1.32 bits per heavy atom. The van der Waals surface area contributed by atoms with Gasteiger partial charge < -0.3 is 4.74 Å². The first-order valence-electron chi connectivity index (χ1n) is 9.03. The summed E-state index contributed by atoms with van der Waals surface area (Å²) < 4.78 is 44.2. The summed E-state index contributed by atoms with van der Waals surface area (Å²) in [6.45, 7) is 4.17. The number of pyridine rings is 2. The van der Waals surface area contributed by atoms with E-state index in [9.17, 15) is 17.6 Å². The molecule has 28 heavy (non-hydrogen) atoms. The lowest BCUT2D eigenvalue weighted by Crippen LogP contribution is -2.56. The number of hydrogen-bond acceptors (Lipinski definition) is 6. The van der Waals surface area contributed by atoms with E-state index in [2.05, 4.69) is 9.97 Å². The minimum absolute atomic E-state index is 0.00262. The third-order valence-electron chi connectivity index (χ3n) is 4.32. The smallest absolute Gasteiger partial charge is 0.214 e. The van der Waals surface area contributed by atoms with Crippen molar-refractivity contribution in [2.45, 2.75) is 32.8 Å². The fraction of sp³-hybridized carbons (Fsp3) is 0.421. The van der Waals surface area contributed by atoms with E-state index in [1.807, 2.05) is 6.92 Å². The van der Waals surface area contributed by atoms with Crippen molar-refractivity contribution >= 4 is 15.8 Å². The van der Waals surface area contributed by atoms with Gasteiger partial charge in [0.2, 0.25) is 10.0 Å². The van der Waals surface area contributed by atoms with Gasteiger partial charge in [0.1, 0.15) is 23.4 Å². The van der Waals surface area contributed by atoms with Crippen LogP contribution in [0.5, 0.6) is 5.75 Å². The van der Waals surface area contributed by atoms with Crippen molar-refractivity contribution in [3.8, 4) is 5.75 Å². The molecule has 0 aromatic carbocycles. The Kier molecular flexibility index (Phi) is 6.04. The molecule has 0 unspecified atom stereocenters. The number of carbonyl (C=O) groups excluding carboxylic acids is 1. The molecule has 9 heteroatoms. The molecule has 1 fully saturated rings. The molecule has 7 nitrogen and oxygen atoms in total. The maximum atomic E-state index is 12.9. The molecule has 3 heterocycles. The molecular formula is C19H22FN3O4S. The van der Waals surface area contributed by atoms with E-state index in [0.29, 0.717) is 36.6 Å². The second-order valence-electron chi connectivity index (χ2n) is 6.77. The number of sulfonamides is 1. The molecule has 0 N–H and O–H groups in total. The molecule has 0 saturated carbocycles. The molecule has 1 aliphatic heterocycles. The molecule has 0 aliphatic carbocycles. The first-order valence-corrected chi connectivity index (χ1v) is 10.6. The van der Waals surface area contributed by atoms with Gasteiger partial charge in [-0.25, -0.2) is 17.8 Å². The van der Waals surface area contributed by atoms with E-state index in [1.165, 1.54) is 16.4 Å². The van der Waals surface area contributed by atoms with Gasteiger partial charge in [-0.3, -0.25) is 9.78 Å². The number of halogens is 1. The first-order chi connectivity index (χ1) is 13.3. The Morgan fingerprint density at radius 3 is 2.71 bits per heavy atom. The van der Waals surface area contributed by atoms with Crippen molar-refractivity contribution < 1.29 is 22.3 Å². The highest BCUT2D eigenvalue weighted by atomic mass is 32.2. The van der Waals surface area contributed by atoms with Crippen LogP contribution in [0.4, 0.5) is 4.39 Å². The number of nitrogens with zero attached hydrogens (tertiary/aromatic N) is 3. The van der Waals surface area contributed by atoms with Crippen LogP contribution in [0.2, 0.25) is 0 Å². The van der Waals surface area contributed by atoms with Crippen molar-refractivity contribution in [1.82, 2.24) is 14.3 Å². The Labute approximate surface area is 163 Å².